The second-order valence-electron chi connectivity index (χ2n) is 6.63. The van der Waals surface area contributed by atoms with Crippen molar-refractivity contribution in [2.75, 3.05) is 26.2 Å². The van der Waals surface area contributed by atoms with Crippen molar-refractivity contribution in [1.29, 1.82) is 0 Å². The van der Waals surface area contributed by atoms with E-state index in [0.29, 0.717) is 17.4 Å². The zero-order valence-electron chi connectivity index (χ0n) is 12.2. The van der Waals surface area contributed by atoms with E-state index < -0.39 is 0 Å². The van der Waals surface area contributed by atoms with Gasteiger partial charge >= 0.3 is 6.03 Å². The Bertz CT molecular complexity index is 295. The third-order valence-electron chi connectivity index (χ3n) is 5.02. The first-order valence-corrected chi connectivity index (χ1v) is 7.58. The van der Waals surface area contributed by atoms with Crippen LogP contribution in [0.2, 0.25) is 0 Å². The Morgan fingerprint density at radius 2 is 1.89 bits per heavy atom. The highest BCUT2D eigenvalue weighted by atomic mass is 16.2. The highest BCUT2D eigenvalue weighted by Crippen LogP contribution is 2.34. The van der Waals surface area contributed by atoms with E-state index in [2.05, 4.69) is 30.6 Å². The van der Waals surface area contributed by atoms with E-state index in [1.807, 2.05) is 0 Å². The summed E-state index contributed by atoms with van der Waals surface area (Å²) in [6.07, 6.45) is 6.01. The molecule has 2 aliphatic rings. The van der Waals surface area contributed by atoms with Gasteiger partial charge in [0.1, 0.15) is 0 Å². The molecule has 2 saturated heterocycles. The second kappa shape index (κ2) is 5.50. The van der Waals surface area contributed by atoms with Gasteiger partial charge in [0, 0.05) is 26.2 Å². The van der Waals surface area contributed by atoms with Crippen LogP contribution in [0.1, 0.15) is 52.9 Å². The summed E-state index contributed by atoms with van der Waals surface area (Å²) in [5, 5.41) is 0. The van der Waals surface area contributed by atoms with Crippen LogP contribution in [0.4, 0.5) is 4.79 Å². The molecule has 0 bridgehead atoms. The van der Waals surface area contributed by atoms with Gasteiger partial charge in [-0.15, -0.1) is 0 Å². The van der Waals surface area contributed by atoms with Crippen molar-refractivity contribution < 1.29 is 4.79 Å². The van der Waals surface area contributed by atoms with Gasteiger partial charge in [0.05, 0.1) is 0 Å². The number of amides is 2. The third-order valence-corrected chi connectivity index (χ3v) is 5.02. The van der Waals surface area contributed by atoms with Gasteiger partial charge in [-0.2, -0.15) is 0 Å². The quantitative estimate of drug-likeness (QED) is 0.702. The fraction of sp³-hybridized carbons (Fsp3) is 0.933. The van der Waals surface area contributed by atoms with Gasteiger partial charge in [-0.3, -0.25) is 0 Å². The summed E-state index contributed by atoms with van der Waals surface area (Å²) in [5.41, 5.74) is 0.464. The van der Waals surface area contributed by atoms with Gasteiger partial charge in [0.15, 0.2) is 0 Å². The van der Waals surface area contributed by atoms with Crippen molar-refractivity contribution in [1.82, 2.24) is 9.80 Å². The lowest BCUT2D eigenvalue weighted by atomic mass is 9.78. The molecule has 0 N–H and O–H groups in total. The van der Waals surface area contributed by atoms with Gasteiger partial charge in [0.2, 0.25) is 0 Å². The molecule has 0 aromatic carbocycles. The number of likely N-dealkylation sites (tertiary alicyclic amines) is 2. The highest BCUT2D eigenvalue weighted by molar-refractivity contribution is 5.74. The maximum Gasteiger partial charge on any atom is 0.320 e. The van der Waals surface area contributed by atoms with Gasteiger partial charge in [0.25, 0.3) is 0 Å². The number of hydrogen-bond donors (Lipinski definition) is 0. The maximum atomic E-state index is 12.4. The first kappa shape index (κ1) is 13.7. The number of piperidine rings is 2. The third kappa shape index (κ3) is 2.99. The Morgan fingerprint density at radius 3 is 2.44 bits per heavy atom. The Hall–Kier alpha value is -0.730. The molecule has 2 amide bonds. The number of carbonyl (C=O) groups excluding carboxylic acids is 1. The SMILES string of the molecule is CCC1(C)CCN(C(=O)N2CCCC(C)C2)CC1. The van der Waals surface area contributed by atoms with Crippen LogP contribution in [0.25, 0.3) is 0 Å². The molecule has 0 spiro atoms. The molecule has 1 unspecified atom stereocenters. The summed E-state index contributed by atoms with van der Waals surface area (Å²) in [7, 11) is 0. The lowest BCUT2D eigenvalue weighted by Gasteiger charge is -2.42. The maximum absolute atomic E-state index is 12.4. The average Bonchev–Trinajstić information content (AvgIpc) is 2.39. The Morgan fingerprint density at radius 1 is 1.22 bits per heavy atom. The standard InChI is InChI=1S/C15H28N2O/c1-4-15(3)7-10-16(11-8-15)14(18)17-9-5-6-13(2)12-17/h13H,4-12H2,1-3H3. The molecule has 0 saturated carbocycles. The highest BCUT2D eigenvalue weighted by Gasteiger charge is 2.32. The van der Waals surface area contributed by atoms with Crippen molar-refractivity contribution >= 4 is 6.03 Å². The molecule has 2 rings (SSSR count). The van der Waals surface area contributed by atoms with Crippen LogP contribution in [0, 0.1) is 11.3 Å². The van der Waals surface area contributed by atoms with Gasteiger partial charge in [-0.1, -0.05) is 27.2 Å². The van der Waals surface area contributed by atoms with Crippen LogP contribution in [0.15, 0.2) is 0 Å². The summed E-state index contributed by atoms with van der Waals surface area (Å²) >= 11 is 0. The monoisotopic (exact) mass is 252 g/mol. The van der Waals surface area contributed by atoms with Crippen molar-refractivity contribution in [3.8, 4) is 0 Å². The lowest BCUT2D eigenvalue weighted by molar-refractivity contribution is 0.0917. The van der Waals surface area contributed by atoms with Gasteiger partial charge < -0.3 is 9.80 Å². The molecule has 1 atom stereocenters. The first-order valence-electron chi connectivity index (χ1n) is 7.58. The summed E-state index contributed by atoms with van der Waals surface area (Å²) in [4.78, 5) is 16.6. The number of hydrogen-bond acceptors (Lipinski definition) is 1. The molecule has 104 valence electrons. The molecular weight excluding hydrogens is 224 g/mol. The number of nitrogens with zero attached hydrogens (tertiary/aromatic N) is 2. The average molecular weight is 252 g/mol. The molecule has 2 heterocycles. The predicted molar refractivity (Wildman–Crippen MR) is 74.6 cm³/mol. The molecule has 0 radical (unpaired) electrons. The van der Waals surface area contributed by atoms with Crippen molar-refractivity contribution in [3.63, 3.8) is 0 Å². The summed E-state index contributed by atoms with van der Waals surface area (Å²) in [5.74, 6) is 0.674. The summed E-state index contributed by atoms with van der Waals surface area (Å²) < 4.78 is 0. The van der Waals surface area contributed by atoms with Crippen LogP contribution in [0.5, 0.6) is 0 Å². The number of rotatable bonds is 1. The minimum atomic E-state index is 0.291. The molecule has 2 aliphatic heterocycles. The largest absolute Gasteiger partial charge is 0.325 e. The number of carbonyl (C=O) groups is 1. The van der Waals surface area contributed by atoms with Crippen LogP contribution in [0.3, 0.4) is 0 Å². The summed E-state index contributed by atoms with van der Waals surface area (Å²) in [6, 6.07) is 0.291. The minimum absolute atomic E-state index is 0.291. The first-order chi connectivity index (χ1) is 8.54. The molecule has 0 aliphatic carbocycles. The van der Waals surface area contributed by atoms with E-state index in [9.17, 15) is 4.79 Å². The molecule has 3 heteroatoms. The zero-order chi connectivity index (χ0) is 13.2. The topological polar surface area (TPSA) is 23.6 Å². The van der Waals surface area contributed by atoms with E-state index in [1.165, 1.54) is 32.1 Å². The van der Waals surface area contributed by atoms with E-state index >= 15 is 0 Å². The lowest BCUT2D eigenvalue weighted by Crippen LogP contribution is -2.50. The molecule has 0 aromatic rings. The smallest absolute Gasteiger partial charge is 0.320 e. The summed E-state index contributed by atoms with van der Waals surface area (Å²) in [6.45, 7) is 10.7. The van der Waals surface area contributed by atoms with Crippen LogP contribution < -0.4 is 0 Å². The van der Waals surface area contributed by atoms with Gasteiger partial charge in [-0.05, 0) is 37.0 Å². The van der Waals surface area contributed by atoms with Gasteiger partial charge in [-0.25, -0.2) is 4.79 Å². The van der Waals surface area contributed by atoms with Crippen molar-refractivity contribution in [3.05, 3.63) is 0 Å². The molecule has 0 aromatic heterocycles. The Kier molecular flexibility index (Phi) is 4.18. The van der Waals surface area contributed by atoms with Crippen LogP contribution >= 0.6 is 0 Å². The minimum Gasteiger partial charge on any atom is -0.325 e. The van der Waals surface area contributed by atoms with Crippen LogP contribution in [-0.4, -0.2) is 42.0 Å². The fourth-order valence-electron chi connectivity index (χ4n) is 3.15. The normalized spacial score (nSPS) is 28.3. The van der Waals surface area contributed by atoms with Crippen LogP contribution in [-0.2, 0) is 0 Å². The van der Waals surface area contributed by atoms with E-state index in [4.69, 9.17) is 0 Å². The molecule has 18 heavy (non-hydrogen) atoms. The Labute approximate surface area is 112 Å². The van der Waals surface area contributed by atoms with Crippen molar-refractivity contribution in [2.45, 2.75) is 52.9 Å². The van der Waals surface area contributed by atoms with E-state index in [0.717, 1.165) is 26.2 Å². The van der Waals surface area contributed by atoms with Crippen molar-refractivity contribution in [2.24, 2.45) is 11.3 Å². The molecular formula is C15H28N2O. The number of urea groups is 1. The predicted octanol–water partition coefficient (Wildman–Crippen LogP) is 3.35. The van der Waals surface area contributed by atoms with E-state index in [1.54, 1.807) is 0 Å². The molecule has 2 fully saturated rings. The molecule has 3 nitrogen and oxygen atoms in total. The second-order valence-corrected chi connectivity index (χ2v) is 6.63. The fourth-order valence-corrected chi connectivity index (χ4v) is 3.15. The zero-order valence-corrected chi connectivity index (χ0v) is 12.2. The Balaban J connectivity index is 1.87. The van der Waals surface area contributed by atoms with E-state index in [-0.39, 0.29) is 0 Å².